The van der Waals surface area contributed by atoms with Crippen molar-refractivity contribution < 1.29 is 9.32 Å². The lowest BCUT2D eigenvalue weighted by Gasteiger charge is -2.30. The third-order valence-electron chi connectivity index (χ3n) is 4.22. The molecule has 1 fully saturated rings. The number of amides is 1. The van der Waals surface area contributed by atoms with Gasteiger partial charge in [-0.05, 0) is 31.9 Å². The van der Waals surface area contributed by atoms with Gasteiger partial charge in [0.1, 0.15) is 0 Å². The molecule has 3 aromatic heterocycles. The number of hydrogen-bond acceptors (Lipinski definition) is 6. The molecular formula is C15H16N6O2. The van der Waals surface area contributed by atoms with Gasteiger partial charge in [-0.3, -0.25) is 4.79 Å². The molecule has 0 saturated carbocycles. The fourth-order valence-electron chi connectivity index (χ4n) is 2.97. The Hall–Kier alpha value is -2.77. The van der Waals surface area contributed by atoms with Gasteiger partial charge in [0.2, 0.25) is 5.76 Å². The molecule has 0 spiro atoms. The number of carbonyl (C=O) groups is 1. The largest absolute Gasteiger partial charge is 0.351 e. The third-order valence-corrected chi connectivity index (χ3v) is 4.22. The maximum atomic E-state index is 12.3. The lowest BCUT2D eigenvalue weighted by atomic mass is 9.96. The first kappa shape index (κ1) is 13.9. The SMILES string of the molecule is Cc1ccc2nnc(C3CCN(C(=O)c4ccno4)CC3)n2n1. The van der Waals surface area contributed by atoms with E-state index < -0.39 is 0 Å². The summed E-state index contributed by atoms with van der Waals surface area (Å²) in [5.74, 6) is 1.29. The van der Waals surface area contributed by atoms with Crippen LogP contribution in [-0.4, -0.2) is 48.9 Å². The van der Waals surface area contributed by atoms with Crippen molar-refractivity contribution in [2.75, 3.05) is 13.1 Å². The molecule has 0 aliphatic carbocycles. The molecule has 4 heterocycles. The zero-order valence-corrected chi connectivity index (χ0v) is 12.7. The highest BCUT2D eigenvalue weighted by molar-refractivity contribution is 5.91. The summed E-state index contributed by atoms with van der Waals surface area (Å²) in [6, 6.07) is 5.43. The van der Waals surface area contributed by atoms with Gasteiger partial charge in [-0.1, -0.05) is 5.16 Å². The number of fused-ring (bicyclic) bond motifs is 1. The molecule has 1 saturated heterocycles. The smallest absolute Gasteiger partial charge is 0.292 e. The van der Waals surface area contributed by atoms with E-state index in [-0.39, 0.29) is 17.6 Å². The fraction of sp³-hybridized carbons (Fsp3) is 0.400. The third kappa shape index (κ3) is 2.45. The molecule has 0 atom stereocenters. The Balaban J connectivity index is 1.51. The van der Waals surface area contributed by atoms with Gasteiger partial charge in [0.25, 0.3) is 5.91 Å². The Morgan fingerprint density at radius 2 is 2.04 bits per heavy atom. The standard InChI is InChI=1S/C15H16N6O2/c1-10-2-3-13-17-18-14(21(13)19-10)11-5-8-20(9-6-11)15(22)12-4-7-16-23-12/h2-4,7,11H,5-6,8-9H2,1H3. The van der Waals surface area contributed by atoms with Crippen LogP contribution in [0.1, 0.15) is 40.8 Å². The normalized spacial score (nSPS) is 16.1. The van der Waals surface area contributed by atoms with E-state index in [1.807, 2.05) is 23.6 Å². The second-order valence-electron chi connectivity index (χ2n) is 5.75. The minimum atomic E-state index is -0.110. The number of rotatable bonds is 2. The van der Waals surface area contributed by atoms with Crippen molar-refractivity contribution >= 4 is 11.6 Å². The number of aromatic nitrogens is 5. The lowest BCUT2D eigenvalue weighted by molar-refractivity contribution is 0.0668. The van der Waals surface area contributed by atoms with Gasteiger partial charge in [0.05, 0.1) is 11.9 Å². The molecule has 1 aliphatic heterocycles. The van der Waals surface area contributed by atoms with Crippen molar-refractivity contribution in [1.29, 1.82) is 0 Å². The zero-order chi connectivity index (χ0) is 15.8. The number of piperidine rings is 1. The molecule has 0 aromatic carbocycles. The predicted octanol–water partition coefficient (Wildman–Crippen LogP) is 1.44. The second kappa shape index (κ2) is 5.45. The Morgan fingerprint density at radius 3 is 2.78 bits per heavy atom. The van der Waals surface area contributed by atoms with Crippen LogP contribution in [0, 0.1) is 6.92 Å². The van der Waals surface area contributed by atoms with Crippen LogP contribution in [0.25, 0.3) is 5.65 Å². The van der Waals surface area contributed by atoms with Crippen LogP contribution in [0.5, 0.6) is 0 Å². The first-order valence-corrected chi connectivity index (χ1v) is 7.61. The molecule has 3 aromatic rings. The molecule has 0 unspecified atom stereocenters. The molecule has 1 amide bonds. The van der Waals surface area contributed by atoms with E-state index in [9.17, 15) is 4.79 Å². The van der Waals surface area contributed by atoms with Crippen molar-refractivity contribution in [3.05, 3.63) is 41.7 Å². The van der Waals surface area contributed by atoms with E-state index in [1.54, 1.807) is 11.0 Å². The van der Waals surface area contributed by atoms with Crippen LogP contribution < -0.4 is 0 Å². The minimum absolute atomic E-state index is 0.110. The van der Waals surface area contributed by atoms with E-state index in [0.29, 0.717) is 13.1 Å². The van der Waals surface area contributed by atoms with Gasteiger partial charge < -0.3 is 9.42 Å². The summed E-state index contributed by atoms with van der Waals surface area (Å²) in [5.41, 5.74) is 1.68. The summed E-state index contributed by atoms with van der Waals surface area (Å²) in [4.78, 5) is 14.0. The average Bonchev–Trinajstić information content (AvgIpc) is 3.24. The molecule has 0 bridgehead atoms. The predicted molar refractivity (Wildman–Crippen MR) is 79.9 cm³/mol. The highest BCUT2D eigenvalue weighted by atomic mass is 16.5. The summed E-state index contributed by atoms with van der Waals surface area (Å²) in [6.07, 6.45) is 3.14. The molecule has 8 heteroatoms. The first-order valence-electron chi connectivity index (χ1n) is 7.61. The first-order chi connectivity index (χ1) is 11.2. The van der Waals surface area contributed by atoms with Gasteiger partial charge in [-0.2, -0.15) is 9.61 Å². The van der Waals surface area contributed by atoms with Gasteiger partial charge in [-0.25, -0.2) is 0 Å². The second-order valence-corrected chi connectivity index (χ2v) is 5.75. The lowest BCUT2D eigenvalue weighted by Crippen LogP contribution is -2.38. The number of nitrogens with zero attached hydrogens (tertiary/aromatic N) is 6. The van der Waals surface area contributed by atoms with Gasteiger partial charge >= 0.3 is 0 Å². The van der Waals surface area contributed by atoms with Gasteiger partial charge in [0.15, 0.2) is 11.5 Å². The summed E-state index contributed by atoms with van der Waals surface area (Å²) in [6.45, 7) is 3.26. The van der Waals surface area contributed by atoms with Gasteiger partial charge in [-0.15, -0.1) is 10.2 Å². The molecule has 0 N–H and O–H groups in total. The van der Waals surface area contributed by atoms with Crippen molar-refractivity contribution in [2.24, 2.45) is 0 Å². The summed E-state index contributed by atoms with van der Waals surface area (Å²) in [5, 5.41) is 16.6. The van der Waals surface area contributed by atoms with Crippen LogP contribution in [0.15, 0.2) is 28.9 Å². The molecular weight excluding hydrogens is 296 g/mol. The molecule has 8 nitrogen and oxygen atoms in total. The molecule has 4 rings (SSSR count). The Kier molecular flexibility index (Phi) is 3.29. The maximum Gasteiger partial charge on any atom is 0.292 e. The van der Waals surface area contributed by atoms with E-state index in [4.69, 9.17) is 4.52 Å². The quantitative estimate of drug-likeness (QED) is 0.711. The highest BCUT2D eigenvalue weighted by Crippen LogP contribution is 2.27. The van der Waals surface area contributed by atoms with Gasteiger partial charge in [0, 0.05) is 25.1 Å². The van der Waals surface area contributed by atoms with E-state index in [2.05, 4.69) is 20.5 Å². The van der Waals surface area contributed by atoms with Crippen LogP contribution in [0.4, 0.5) is 0 Å². The Bertz CT molecular complexity index is 833. The van der Waals surface area contributed by atoms with Crippen LogP contribution >= 0.6 is 0 Å². The topological polar surface area (TPSA) is 89.4 Å². The van der Waals surface area contributed by atoms with E-state index in [0.717, 1.165) is 30.0 Å². The highest BCUT2D eigenvalue weighted by Gasteiger charge is 2.28. The summed E-state index contributed by atoms with van der Waals surface area (Å²) < 4.78 is 6.75. The number of likely N-dealkylation sites (tertiary alicyclic amines) is 1. The monoisotopic (exact) mass is 312 g/mol. The molecule has 0 radical (unpaired) electrons. The minimum Gasteiger partial charge on any atom is -0.351 e. The average molecular weight is 312 g/mol. The molecule has 1 aliphatic rings. The van der Waals surface area contributed by atoms with Crippen molar-refractivity contribution in [2.45, 2.75) is 25.7 Å². The number of carbonyl (C=O) groups excluding carboxylic acids is 1. The van der Waals surface area contributed by atoms with Crippen molar-refractivity contribution in [3.8, 4) is 0 Å². The fourth-order valence-corrected chi connectivity index (χ4v) is 2.97. The van der Waals surface area contributed by atoms with E-state index in [1.165, 1.54) is 6.20 Å². The molecule has 118 valence electrons. The number of hydrogen-bond donors (Lipinski definition) is 0. The molecule has 23 heavy (non-hydrogen) atoms. The summed E-state index contributed by atoms with van der Waals surface area (Å²) >= 11 is 0. The summed E-state index contributed by atoms with van der Waals surface area (Å²) in [7, 11) is 0. The van der Waals surface area contributed by atoms with Crippen LogP contribution in [0.2, 0.25) is 0 Å². The van der Waals surface area contributed by atoms with E-state index >= 15 is 0 Å². The zero-order valence-electron chi connectivity index (χ0n) is 12.7. The van der Waals surface area contributed by atoms with Crippen LogP contribution in [0.3, 0.4) is 0 Å². The van der Waals surface area contributed by atoms with Crippen molar-refractivity contribution in [1.82, 2.24) is 29.9 Å². The number of aryl methyl sites for hydroxylation is 1. The maximum absolute atomic E-state index is 12.3. The Morgan fingerprint density at radius 1 is 1.22 bits per heavy atom. The van der Waals surface area contributed by atoms with Crippen LogP contribution in [-0.2, 0) is 0 Å². The Labute approximate surface area is 132 Å². The van der Waals surface area contributed by atoms with Crippen molar-refractivity contribution in [3.63, 3.8) is 0 Å².